The Kier molecular flexibility index (Phi) is 7.15. The van der Waals surface area contributed by atoms with Crippen molar-refractivity contribution in [2.24, 2.45) is 0 Å². The minimum Gasteiger partial charge on any atom is -0.491 e. The molecule has 6 heteroatoms. The van der Waals surface area contributed by atoms with Crippen LogP contribution in [-0.2, 0) is 9.53 Å². The second-order valence-electron chi connectivity index (χ2n) is 4.66. The molecule has 2 aromatic rings. The van der Waals surface area contributed by atoms with Crippen LogP contribution in [0, 0.1) is 3.57 Å². The van der Waals surface area contributed by atoms with Gasteiger partial charge in [-0.15, -0.1) is 0 Å². The van der Waals surface area contributed by atoms with Crippen LogP contribution in [0.2, 0.25) is 0 Å². The van der Waals surface area contributed by atoms with Crippen molar-refractivity contribution in [1.82, 2.24) is 0 Å². The minimum atomic E-state index is -0.211. The van der Waals surface area contributed by atoms with Gasteiger partial charge in [0.15, 0.2) is 6.61 Å². The Hall–Kier alpha value is -1.80. The van der Waals surface area contributed by atoms with Crippen molar-refractivity contribution >= 4 is 34.2 Å². The van der Waals surface area contributed by atoms with E-state index in [0.717, 1.165) is 9.32 Å². The lowest BCUT2D eigenvalue weighted by Crippen LogP contribution is -2.20. The zero-order chi connectivity index (χ0) is 16.5. The third-order valence-corrected chi connectivity index (χ3v) is 3.60. The molecule has 1 N–H and O–H groups in total. The van der Waals surface area contributed by atoms with E-state index in [9.17, 15) is 4.79 Å². The number of halogens is 1. The standard InChI is InChI=1S/C17H18INO4/c1-21-10-11-22-15-8-4-14(5-9-15)19-17(20)12-23-16-6-2-13(18)3-7-16/h2-9H,10-12H2,1H3,(H,19,20). The molecule has 0 saturated carbocycles. The van der Waals surface area contributed by atoms with Crippen LogP contribution in [-0.4, -0.2) is 32.8 Å². The first-order valence-electron chi connectivity index (χ1n) is 7.07. The van der Waals surface area contributed by atoms with Crippen molar-refractivity contribution in [3.8, 4) is 11.5 Å². The zero-order valence-electron chi connectivity index (χ0n) is 12.8. The number of nitrogens with one attached hydrogen (secondary N) is 1. The van der Waals surface area contributed by atoms with Gasteiger partial charge in [-0.25, -0.2) is 0 Å². The highest BCUT2D eigenvalue weighted by Crippen LogP contribution is 2.16. The van der Waals surface area contributed by atoms with E-state index in [1.807, 2.05) is 24.3 Å². The molecule has 0 heterocycles. The van der Waals surface area contributed by atoms with Crippen LogP contribution in [0.1, 0.15) is 0 Å². The minimum absolute atomic E-state index is 0.0350. The first-order valence-corrected chi connectivity index (χ1v) is 8.15. The smallest absolute Gasteiger partial charge is 0.262 e. The normalized spacial score (nSPS) is 10.2. The maximum absolute atomic E-state index is 11.9. The summed E-state index contributed by atoms with van der Waals surface area (Å²) in [5.41, 5.74) is 0.695. The molecule has 122 valence electrons. The average molecular weight is 427 g/mol. The van der Waals surface area contributed by atoms with Crippen LogP contribution < -0.4 is 14.8 Å². The van der Waals surface area contributed by atoms with Gasteiger partial charge in [-0.3, -0.25) is 4.79 Å². The van der Waals surface area contributed by atoms with Gasteiger partial charge in [0.25, 0.3) is 5.91 Å². The van der Waals surface area contributed by atoms with Gasteiger partial charge in [0, 0.05) is 16.4 Å². The van der Waals surface area contributed by atoms with Crippen molar-refractivity contribution in [2.75, 3.05) is 32.2 Å². The molecule has 5 nitrogen and oxygen atoms in total. The lowest BCUT2D eigenvalue weighted by atomic mass is 10.3. The highest BCUT2D eigenvalue weighted by atomic mass is 127. The molecular weight excluding hydrogens is 409 g/mol. The van der Waals surface area contributed by atoms with Crippen LogP contribution in [0.15, 0.2) is 48.5 Å². The van der Waals surface area contributed by atoms with Gasteiger partial charge in [0.2, 0.25) is 0 Å². The highest BCUT2D eigenvalue weighted by molar-refractivity contribution is 14.1. The van der Waals surface area contributed by atoms with E-state index < -0.39 is 0 Å². The summed E-state index contributed by atoms with van der Waals surface area (Å²) in [6.45, 7) is 0.993. The predicted octanol–water partition coefficient (Wildman–Crippen LogP) is 3.33. The fourth-order valence-corrected chi connectivity index (χ4v) is 2.11. The maximum atomic E-state index is 11.9. The van der Waals surface area contributed by atoms with Crippen molar-refractivity contribution in [1.29, 1.82) is 0 Å². The molecule has 0 aromatic heterocycles. The van der Waals surface area contributed by atoms with Crippen molar-refractivity contribution < 1.29 is 19.0 Å². The van der Waals surface area contributed by atoms with E-state index in [1.165, 1.54) is 0 Å². The summed E-state index contributed by atoms with van der Waals surface area (Å²) >= 11 is 2.21. The molecule has 0 aliphatic rings. The van der Waals surface area contributed by atoms with Crippen LogP contribution in [0.25, 0.3) is 0 Å². The third kappa shape index (κ3) is 6.45. The number of anilines is 1. The van der Waals surface area contributed by atoms with E-state index in [4.69, 9.17) is 14.2 Å². The summed E-state index contributed by atoms with van der Waals surface area (Å²) < 4.78 is 16.9. The number of carbonyl (C=O) groups excluding carboxylic acids is 1. The van der Waals surface area contributed by atoms with E-state index >= 15 is 0 Å². The van der Waals surface area contributed by atoms with Gasteiger partial charge in [0.05, 0.1) is 6.61 Å². The molecular formula is C17H18INO4. The quantitative estimate of drug-likeness (QED) is 0.519. The predicted molar refractivity (Wildman–Crippen MR) is 97.1 cm³/mol. The van der Waals surface area contributed by atoms with E-state index in [-0.39, 0.29) is 12.5 Å². The van der Waals surface area contributed by atoms with Crippen molar-refractivity contribution in [3.05, 3.63) is 52.1 Å². The number of carbonyl (C=O) groups is 1. The van der Waals surface area contributed by atoms with Gasteiger partial charge >= 0.3 is 0 Å². The summed E-state index contributed by atoms with van der Waals surface area (Å²) in [5, 5.41) is 2.77. The Morgan fingerprint density at radius 3 is 2.22 bits per heavy atom. The molecule has 0 radical (unpaired) electrons. The topological polar surface area (TPSA) is 56.8 Å². The van der Waals surface area contributed by atoms with Crippen LogP contribution >= 0.6 is 22.6 Å². The monoisotopic (exact) mass is 427 g/mol. The molecule has 23 heavy (non-hydrogen) atoms. The Balaban J connectivity index is 1.77. The molecule has 0 atom stereocenters. The SMILES string of the molecule is COCCOc1ccc(NC(=O)COc2ccc(I)cc2)cc1. The fraction of sp³-hybridized carbons (Fsp3) is 0.235. The van der Waals surface area contributed by atoms with Gasteiger partial charge < -0.3 is 19.5 Å². The van der Waals surface area contributed by atoms with Crippen molar-refractivity contribution in [3.63, 3.8) is 0 Å². The maximum Gasteiger partial charge on any atom is 0.262 e. The van der Waals surface area contributed by atoms with Gasteiger partial charge in [-0.05, 0) is 71.1 Å². The molecule has 2 rings (SSSR count). The molecule has 0 unspecified atom stereocenters. The van der Waals surface area contributed by atoms with E-state index in [0.29, 0.717) is 24.7 Å². The summed E-state index contributed by atoms with van der Waals surface area (Å²) in [5.74, 6) is 1.19. The van der Waals surface area contributed by atoms with Gasteiger partial charge in [-0.2, -0.15) is 0 Å². The molecule has 0 saturated heterocycles. The van der Waals surface area contributed by atoms with Gasteiger partial charge in [0.1, 0.15) is 18.1 Å². The zero-order valence-corrected chi connectivity index (χ0v) is 14.9. The first-order chi connectivity index (χ1) is 11.2. The molecule has 0 fully saturated rings. The summed E-state index contributed by atoms with van der Waals surface area (Å²) in [6, 6.07) is 14.7. The highest BCUT2D eigenvalue weighted by Gasteiger charge is 2.04. The molecule has 0 aliphatic heterocycles. The summed E-state index contributed by atoms with van der Waals surface area (Å²) in [7, 11) is 1.63. The van der Waals surface area contributed by atoms with Crippen molar-refractivity contribution in [2.45, 2.75) is 0 Å². The average Bonchev–Trinajstić information content (AvgIpc) is 2.56. The first kappa shape index (κ1) is 17.6. The number of rotatable bonds is 8. The fourth-order valence-electron chi connectivity index (χ4n) is 1.75. The van der Waals surface area contributed by atoms with E-state index in [2.05, 4.69) is 27.9 Å². The van der Waals surface area contributed by atoms with Crippen LogP contribution in [0.3, 0.4) is 0 Å². The molecule has 1 amide bonds. The molecule has 0 aliphatic carbocycles. The largest absolute Gasteiger partial charge is 0.491 e. The Labute approximate surface area is 149 Å². The Bertz CT molecular complexity index is 613. The number of methoxy groups -OCH3 is 1. The number of ether oxygens (including phenoxy) is 3. The van der Waals surface area contributed by atoms with E-state index in [1.54, 1.807) is 31.4 Å². The molecule has 2 aromatic carbocycles. The summed E-state index contributed by atoms with van der Waals surface area (Å²) in [4.78, 5) is 11.9. The number of hydrogen-bond donors (Lipinski definition) is 1. The lowest BCUT2D eigenvalue weighted by molar-refractivity contribution is -0.118. The third-order valence-electron chi connectivity index (χ3n) is 2.88. The molecule has 0 bridgehead atoms. The number of amides is 1. The Morgan fingerprint density at radius 1 is 0.957 bits per heavy atom. The summed E-state index contributed by atoms with van der Waals surface area (Å²) in [6.07, 6.45) is 0. The number of benzene rings is 2. The second-order valence-corrected chi connectivity index (χ2v) is 5.90. The molecule has 0 spiro atoms. The Morgan fingerprint density at radius 2 is 1.57 bits per heavy atom. The number of hydrogen-bond acceptors (Lipinski definition) is 4. The van der Waals surface area contributed by atoms with Crippen LogP contribution in [0.4, 0.5) is 5.69 Å². The lowest BCUT2D eigenvalue weighted by Gasteiger charge is -2.09. The van der Waals surface area contributed by atoms with Gasteiger partial charge in [-0.1, -0.05) is 0 Å². The second kappa shape index (κ2) is 9.36. The van der Waals surface area contributed by atoms with Crippen LogP contribution in [0.5, 0.6) is 11.5 Å².